The summed E-state index contributed by atoms with van der Waals surface area (Å²) in [6.45, 7) is 18.7. The van der Waals surface area contributed by atoms with Gasteiger partial charge in [0.1, 0.15) is 0 Å². The number of fused-ring (bicyclic) bond motifs is 4. The normalized spacial score (nSPS) is 14.0. The Morgan fingerprint density at radius 2 is 0.500 bits per heavy atom. The zero-order valence-corrected chi connectivity index (χ0v) is 16.8. The first-order chi connectivity index (χ1) is 11.3. The van der Waals surface area contributed by atoms with Crippen molar-refractivity contribution >= 4 is 0 Å². The Balaban J connectivity index is 2.29. The number of rotatable bonds is 0. The summed E-state index contributed by atoms with van der Waals surface area (Å²) in [4.78, 5) is 0. The highest BCUT2D eigenvalue weighted by Crippen LogP contribution is 2.34. The Morgan fingerprint density at radius 1 is 0.292 bits per heavy atom. The van der Waals surface area contributed by atoms with Crippen molar-refractivity contribution in [1.29, 1.82) is 0 Å². The zero-order chi connectivity index (χ0) is 17.8. The third-order valence-corrected chi connectivity index (χ3v) is 7.12. The molecule has 0 aromatic heterocycles. The zero-order valence-electron chi connectivity index (χ0n) is 16.8. The molecule has 4 rings (SSSR count). The Bertz CT molecular complexity index is 739. The summed E-state index contributed by atoms with van der Waals surface area (Å²) in [5, 5.41) is 0. The van der Waals surface area contributed by atoms with E-state index in [2.05, 4.69) is 55.4 Å². The van der Waals surface area contributed by atoms with Crippen LogP contribution in [-0.2, 0) is 25.7 Å². The second-order valence-corrected chi connectivity index (χ2v) is 7.91. The quantitative estimate of drug-likeness (QED) is 0.555. The fraction of sp³-hybridized carbons (Fsp3) is 0.500. The van der Waals surface area contributed by atoms with Gasteiger partial charge in [0, 0.05) is 0 Å². The second-order valence-electron chi connectivity index (χ2n) is 7.91. The van der Waals surface area contributed by atoms with Gasteiger partial charge in [-0.15, -0.1) is 0 Å². The molecule has 0 nitrogen and oxygen atoms in total. The molecule has 0 spiro atoms. The predicted molar refractivity (Wildman–Crippen MR) is 106 cm³/mol. The lowest BCUT2D eigenvalue weighted by Gasteiger charge is -2.20. The van der Waals surface area contributed by atoms with E-state index in [1.165, 1.54) is 64.6 Å². The van der Waals surface area contributed by atoms with Crippen molar-refractivity contribution in [3.8, 4) is 0 Å². The van der Waals surface area contributed by atoms with E-state index in [1.54, 1.807) is 27.8 Å². The molecule has 0 heterocycles. The first kappa shape index (κ1) is 17.3. The highest BCUT2D eigenvalue weighted by atomic mass is 14.3. The molecule has 0 radical (unpaired) electrons. The summed E-state index contributed by atoms with van der Waals surface area (Å²) < 4.78 is 0. The molecular weight excluding hydrogens is 288 g/mol. The van der Waals surface area contributed by atoms with Gasteiger partial charge in [0.05, 0.1) is 0 Å². The van der Waals surface area contributed by atoms with E-state index in [0.717, 1.165) is 0 Å². The van der Waals surface area contributed by atoms with Gasteiger partial charge in [0.25, 0.3) is 0 Å². The Labute approximate surface area is 148 Å². The van der Waals surface area contributed by atoms with Gasteiger partial charge in [-0.05, 0) is 148 Å². The van der Waals surface area contributed by atoms with Crippen molar-refractivity contribution in [3.05, 3.63) is 66.8 Å². The molecule has 0 saturated heterocycles. The Kier molecular flexibility index (Phi) is 4.36. The van der Waals surface area contributed by atoms with Gasteiger partial charge in [0.2, 0.25) is 0 Å². The molecule has 0 unspecified atom stereocenters. The standard InChI is InChI=1S/C24H32/c1-13-14(2)23-11-9-21-16(4)18(6)22(19(7)17(21)5)10-12-24(15(13)3)20(23)8/h9-12H2,1-8H3. The summed E-state index contributed by atoms with van der Waals surface area (Å²) in [6.07, 6.45) is 4.68. The van der Waals surface area contributed by atoms with E-state index in [-0.39, 0.29) is 0 Å². The SMILES string of the molecule is Cc1c(C)c2c(C)c(c1C)CCc1c(C)c(C)c(c(C)c1C)CC2. The van der Waals surface area contributed by atoms with Gasteiger partial charge in [-0.3, -0.25) is 0 Å². The third kappa shape index (κ3) is 2.42. The minimum Gasteiger partial charge on any atom is -0.0447 e. The van der Waals surface area contributed by atoms with Crippen LogP contribution in [0.5, 0.6) is 0 Å². The molecule has 2 aromatic rings. The van der Waals surface area contributed by atoms with E-state index in [4.69, 9.17) is 0 Å². The third-order valence-electron chi connectivity index (χ3n) is 7.12. The van der Waals surface area contributed by atoms with Crippen molar-refractivity contribution in [3.63, 3.8) is 0 Å². The lowest BCUT2D eigenvalue weighted by Crippen LogP contribution is -2.07. The van der Waals surface area contributed by atoms with Gasteiger partial charge in [-0.25, -0.2) is 0 Å². The van der Waals surface area contributed by atoms with Crippen LogP contribution in [-0.4, -0.2) is 0 Å². The molecule has 0 fully saturated rings. The lowest BCUT2D eigenvalue weighted by atomic mass is 9.85. The highest BCUT2D eigenvalue weighted by Gasteiger charge is 2.20. The average Bonchev–Trinajstić information content (AvgIpc) is 2.58. The van der Waals surface area contributed by atoms with Gasteiger partial charge >= 0.3 is 0 Å². The largest absolute Gasteiger partial charge is 0.0447 e. The average molecular weight is 321 g/mol. The maximum absolute atomic E-state index is 2.36. The minimum atomic E-state index is 1.17. The van der Waals surface area contributed by atoms with Crippen molar-refractivity contribution in [2.45, 2.75) is 81.1 Å². The summed E-state index contributed by atoms with van der Waals surface area (Å²) in [6, 6.07) is 0. The summed E-state index contributed by atoms with van der Waals surface area (Å²) >= 11 is 0. The van der Waals surface area contributed by atoms with E-state index in [1.807, 2.05) is 0 Å². The second kappa shape index (κ2) is 6.06. The van der Waals surface area contributed by atoms with Crippen LogP contribution >= 0.6 is 0 Å². The molecular formula is C24H32. The summed E-state index contributed by atoms with van der Waals surface area (Å²) in [5.74, 6) is 0. The van der Waals surface area contributed by atoms with E-state index in [0.29, 0.717) is 0 Å². The van der Waals surface area contributed by atoms with Gasteiger partial charge in [-0.1, -0.05) is 0 Å². The van der Waals surface area contributed by atoms with Crippen LogP contribution in [0.1, 0.15) is 66.8 Å². The number of hydrogen-bond acceptors (Lipinski definition) is 0. The van der Waals surface area contributed by atoms with Crippen LogP contribution in [0.15, 0.2) is 0 Å². The molecule has 2 aliphatic rings. The topological polar surface area (TPSA) is 0 Å². The number of benzene rings is 2. The molecule has 0 heteroatoms. The maximum atomic E-state index is 2.36. The van der Waals surface area contributed by atoms with E-state index >= 15 is 0 Å². The molecule has 0 saturated carbocycles. The fourth-order valence-corrected chi connectivity index (χ4v) is 4.95. The van der Waals surface area contributed by atoms with E-state index in [9.17, 15) is 0 Å². The first-order valence-electron chi connectivity index (χ1n) is 9.41. The smallest absolute Gasteiger partial charge is 0.0233 e. The molecule has 0 aliphatic heterocycles. The number of hydrogen-bond donors (Lipinski definition) is 0. The van der Waals surface area contributed by atoms with Crippen LogP contribution in [0.4, 0.5) is 0 Å². The highest BCUT2D eigenvalue weighted by molar-refractivity contribution is 5.54. The van der Waals surface area contributed by atoms with Gasteiger partial charge in [-0.2, -0.15) is 0 Å². The minimum absolute atomic E-state index is 1.17. The van der Waals surface area contributed by atoms with Crippen LogP contribution in [0.2, 0.25) is 0 Å². The molecule has 2 aliphatic carbocycles. The van der Waals surface area contributed by atoms with Crippen molar-refractivity contribution < 1.29 is 0 Å². The Hall–Kier alpha value is -1.56. The van der Waals surface area contributed by atoms with Crippen LogP contribution in [0, 0.1) is 55.4 Å². The van der Waals surface area contributed by atoms with Crippen molar-refractivity contribution in [2.75, 3.05) is 0 Å². The molecule has 4 bridgehead atoms. The fourth-order valence-electron chi connectivity index (χ4n) is 4.95. The maximum Gasteiger partial charge on any atom is -0.0233 e. The first-order valence-corrected chi connectivity index (χ1v) is 9.41. The molecule has 24 heavy (non-hydrogen) atoms. The van der Waals surface area contributed by atoms with Crippen LogP contribution in [0.25, 0.3) is 0 Å². The van der Waals surface area contributed by atoms with Gasteiger partial charge < -0.3 is 0 Å². The summed E-state index contributed by atoms with van der Waals surface area (Å²) in [7, 11) is 0. The van der Waals surface area contributed by atoms with Crippen LogP contribution < -0.4 is 0 Å². The monoisotopic (exact) mass is 320 g/mol. The molecule has 0 N–H and O–H groups in total. The predicted octanol–water partition coefficient (Wildman–Crippen LogP) is 6.04. The van der Waals surface area contributed by atoms with Gasteiger partial charge in [0.15, 0.2) is 0 Å². The molecule has 2 aromatic carbocycles. The molecule has 0 atom stereocenters. The van der Waals surface area contributed by atoms with Crippen molar-refractivity contribution in [2.24, 2.45) is 0 Å². The summed E-state index contributed by atoms with van der Waals surface area (Å²) in [5.41, 5.74) is 18.6. The van der Waals surface area contributed by atoms with Crippen molar-refractivity contribution in [1.82, 2.24) is 0 Å². The molecule has 128 valence electrons. The van der Waals surface area contributed by atoms with E-state index < -0.39 is 0 Å². The lowest BCUT2D eigenvalue weighted by molar-refractivity contribution is 0.897. The molecule has 0 amide bonds. The Morgan fingerprint density at radius 3 is 0.792 bits per heavy atom. The van der Waals surface area contributed by atoms with Crippen LogP contribution in [0.3, 0.4) is 0 Å².